The molecule has 2 rings (SSSR count). The molecule has 0 amide bonds. The van der Waals surface area contributed by atoms with Gasteiger partial charge >= 0.3 is 0 Å². The van der Waals surface area contributed by atoms with Crippen LogP contribution in [0.15, 0.2) is 24.8 Å². The minimum atomic E-state index is -0.709. The first-order valence-electron chi connectivity index (χ1n) is 3.93. The van der Waals surface area contributed by atoms with E-state index in [9.17, 15) is 5.11 Å². The molecular weight excluding hydrogens is 168 g/mol. The average molecular weight is 178 g/mol. The first kappa shape index (κ1) is 8.00. The predicted octanol–water partition coefficient (Wildman–Crippen LogP) is 0.225. The number of hydrogen-bond acceptors (Lipinski definition) is 3. The minimum absolute atomic E-state index is 0.612. The van der Waals surface area contributed by atoms with Gasteiger partial charge in [-0.05, 0) is 0 Å². The van der Waals surface area contributed by atoms with Gasteiger partial charge in [0.15, 0.2) is 0 Å². The number of aromatic amines is 1. The average Bonchev–Trinajstić information content (AvgIpc) is 2.72. The zero-order valence-corrected chi connectivity index (χ0v) is 7.18. The van der Waals surface area contributed by atoms with Gasteiger partial charge in [-0.1, -0.05) is 0 Å². The van der Waals surface area contributed by atoms with Gasteiger partial charge in [-0.15, -0.1) is 0 Å². The second-order valence-electron chi connectivity index (χ2n) is 2.83. The lowest BCUT2D eigenvalue weighted by Crippen LogP contribution is -2.05. The normalized spacial score (nSPS) is 13.1. The fourth-order valence-electron chi connectivity index (χ4n) is 1.20. The summed E-state index contributed by atoms with van der Waals surface area (Å²) >= 11 is 0. The maximum absolute atomic E-state index is 9.81. The molecule has 0 fully saturated rings. The van der Waals surface area contributed by atoms with Gasteiger partial charge in [0.2, 0.25) is 0 Å². The fraction of sp³-hybridized carbons (Fsp3) is 0.250. The number of aryl methyl sites for hydroxylation is 1. The van der Waals surface area contributed by atoms with Crippen LogP contribution < -0.4 is 0 Å². The summed E-state index contributed by atoms with van der Waals surface area (Å²) in [5.74, 6) is 0.612. The van der Waals surface area contributed by atoms with Gasteiger partial charge in [0.05, 0.1) is 6.20 Å². The van der Waals surface area contributed by atoms with Crippen molar-refractivity contribution in [1.82, 2.24) is 19.7 Å². The lowest BCUT2D eigenvalue weighted by atomic mass is 10.2. The van der Waals surface area contributed by atoms with Crippen molar-refractivity contribution in [3.05, 3.63) is 36.2 Å². The number of aromatic nitrogens is 4. The SMILES string of the molecule is Cn1ccnc1C(O)c1cn[nH]c1. The molecule has 0 aliphatic carbocycles. The van der Waals surface area contributed by atoms with Crippen LogP contribution in [0.5, 0.6) is 0 Å². The number of aliphatic hydroxyl groups is 1. The van der Waals surface area contributed by atoms with Crippen molar-refractivity contribution in [2.24, 2.45) is 7.05 Å². The smallest absolute Gasteiger partial charge is 0.142 e. The number of nitrogens with zero attached hydrogens (tertiary/aromatic N) is 3. The standard InChI is InChI=1S/C8H10N4O/c1-12-3-2-9-8(12)7(13)6-4-10-11-5-6/h2-5,7,13H,1H3,(H,10,11). The maximum Gasteiger partial charge on any atom is 0.142 e. The fourth-order valence-corrected chi connectivity index (χ4v) is 1.20. The third kappa shape index (κ3) is 1.33. The molecule has 0 spiro atoms. The van der Waals surface area contributed by atoms with E-state index in [1.807, 2.05) is 7.05 Å². The molecule has 2 N–H and O–H groups in total. The van der Waals surface area contributed by atoms with E-state index in [4.69, 9.17) is 0 Å². The number of imidazole rings is 1. The van der Waals surface area contributed by atoms with Gasteiger partial charge in [-0.25, -0.2) is 4.98 Å². The summed E-state index contributed by atoms with van der Waals surface area (Å²) in [7, 11) is 1.84. The predicted molar refractivity (Wildman–Crippen MR) is 45.9 cm³/mol. The molecule has 0 radical (unpaired) electrons. The van der Waals surface area contributed by atoms with Crippen molar-refractivity contribution in [1.29, 1.82) is 0 Å². The Morgan fingerprint density at radius 2 is 2.46 bits per heavy atom. The van der Waals surface area contributed by atoms with E-state index in [2.05, 4.69) is 15.2 Å². The van der Waals surface area contributed by atoms with Gasteiger partial charge in [0.25, 0.3) is 0 Å². The molecule has 0 aliphatic rings. The van der Waals surface area contributed by atoms with Crippen molar-refractivity contribution in [3.63, 3.8) is 0 Å². The van der Waals surface area contributed by atoms with Crippen molar-refractivity contribution < 1.29 is 5.11 Å². The second-order valence-corrected chi connectivity index (χ2v) is 2.83. The quantitative estimate of drug-likeness (QED) is 0.691. The molecule has 0 aliphatic heterocycles. The number of rotatable bonds is 2. The molecule has 13 heavy (non-hydrogen) atoms. The van der Waals surface area contributed by atoms with Crippen molar-refractivity contribution in [3.8, 4) is 0 Å². The zero-order chi connectivity index (χ0) is 9.26. The number of hydrogen-bond donors (Lipinski definition) is 2. The summed E-state index contributed by atoms with van der Waals surface area (Å²) in [5, 5.41) is 16.2. The second kappa shape index (κ2) is 3.02. The summed E-state index contributed by atoms with van der Waals surface area (Å²) < 4.78 is 1.78. The third-order valence-electron chi connectivity index (χ3n) is 1.94. The first-order valence-corrected chi connectivity index (χ1v) is 3.93. The molecule has 2 heterocycles. The van der Waals surface area contributed by atoms with Gasteiger partial charge in [0, 0.05) is 31.2 Å². The van der Waals surface area contributed by atoms with Crippen molar-refractivity contribution >= 4 is 0 Å². The van der Waals surface area contributed by atoms with Crippen LogP contribution in [0, 0.1) is 0 Å². The van der Waals surface area contributed by atoms with Crippen molar-refractivity contribution in [2.75, 3.05) is 0 Å². The molecule has 0 saturated heterocycles. The molecule has 5 heteroatoms. The highest BCUT2D eigenvalue weighted by molar-refractivity contribution is 5.16. The van der Waals surface area contributed by atoms with E-state index in [1.54, 1.807) is 29.4 Å². The molecule has 1 unspecified atom stereocenters. The van der Waals surface area contributed by atoms with E-state index < -0.39 is 6.10 Å². The summed E-state index contributed by atoms with van der Waals surface area (Å²) in [4.78, 5) is 4.04. The summed E-state index contributed by atoms with van der Waals surface area (Å²) in [6, 6.07) is 0. The number of aliphatic hydroxyl groups excluding tert-OH is 1. The Kier molecular flexibility index (Phi) is 1.86. The van der Waals surface area contributed by atoms with Gasteiger partial charge in [-0.2, -0.15) is 5.10 Å². The minimum Gasteiger partial charge on any atom is -0.380 e. The third-order valence-corrected chi connectivity index (χ3v) is 1.94. The Bertz CT molecular complexity index is 379. The molecule has 68 valence electrons. The first-order chi connectivity index (χ1) is 6.29. The van der Waals surface area contributed by atoms with E-state index in [0.29, 0.717) is 11.4 Å². The van der Waals surface area contributed by atoms with Crippen LogP contribution in [0.2, 0.25) is 0 Å². The van der Waals surface area contributed by atoms with Gasteiger partial charge in [0.1, 0.15) is 11.9 Å². The van der Waals surface area contributed by atoms with Gasteiger partial charge in [-0.3, -0.25) is 5.10 Å². The molecule has 0 bridgehead atoms. The molecule has 1 atom stereocenters. The topological polar surface area (TPSA) is 66.7 Å². The summed E-state index contributed by atoms with van der Waals surface area (Å²) in [6.45, 7) is 0. The number of nitrogens with one attached hydrogen (secondary N) is 1. The van der Waals surface area contributed by atoms with E-state index >= 15 is 0 Å². The van der Waals surface area contributed by atoms with Crippen LogP contribution in [0.4, 0.5) is 0 Å². The van der Waals surface area contributed by atoms with Gasteiger partial charge < -0.3 is 9.67 Å². The van der Waals surface area contributed by atoms with Crippen LogP contribution in [0.25, 0.3) is 0 Å². The van der Waals surface area contributed by atoms with Crippen LogP contribution in [-0.2, 0) is 7.05 Å². The van der Waals surface area contributed by atoms with Crippen LogP contribution in [0.3, 0.4) is 0 Å². The van der Waals surface area contributed by atoms with E-state index in [0.717, 1.165) is 0 Å². The molecular formula is C8H10N4O. The summed E-state index contributed by atoms with van der Waals surface area (Å²) in [6.07, 6.45) is 5.97. The summed E-state index contributed by atoms with van der Waals surface area (Å²) in [5.41, 5.74) is 0.717. The van der Waals surface area contributed by atoms with E-state index in [1.165, 1.54) is 0 Å². The Morgan fingerprint density at radius 1 is 1.62 bits per heavy atom. The van der Waals surface area contributed by atoms with E-state index in [-0.39, 0.29) is 0 Å². The zero-order valence-electron chi connectivity index (χ0n) is 7.18. The van der Waals surface area contributed by atoms with Crippen LogP contribution >= 0.6 is 0 Å². The Hall–Kier alpha value is -1.62. The Labute approximate surface area is 75.0 Å². The molecule has 2 aromatic rings. The lowest BCUT2D eigenvalue weighted by molar-refractivity contribution is 0.206. The monoisotopic (exact) mass is 178 g/mol. The Morgan fingerprint density at radius 3 is 3.00 bits per heavy atom. The highest BCUT2D eigenvalue weighted by Gasteiger charge is 2.14. The molecule has 0 aromatic carbocycles. The highest BCUT2D eigenvalue weighted by atomic mass is 16.3. The molecule has 0 saturated carbocycles. The molecule has 2 aromatic heterocycles. The number of H-pyrrole nitrogens is 1. The lowest BCUT2D eigenvalue weighted by Gasteiger charge is -2.07. The van der Waals surface area contributed by atoms with Crippen molar-refractivity contribution in [2.45, 2.75) is 6.10 Å². The molecule has 5 nitrogen and oxygen atoms in total. The maximum atomic E-state index is 9.81. The van der Waals surface area contributed by atoms with Crippen LogP contribution in [0.1, 0.15) is 17.5 Å². The largest absolute Gasteiger partial charge is 0.380 e. The van der Waals surface area contributed by atoms with Crippen LogP contribution in [-0.4, -0.2) is 24.9 Å². The Balaban J connectivity index is 2.33. The highest BCUT2D eigenvalue weighted by Crippen LogP contribution is 2.17.